The fraction of sp³-hybridized carbons (Fsp3) is 0.571. The van der Waals surface area contributed by atoms with Gasteiger partial charge in [-0.25, -0.2) is 8.42 Å². The van der Waals surface area contributed by atoms with Gasteiger partial charge in [-0.05, 0) is 31.9 Å². The SMILES string of the molecule is CC(C)CN(C(C)C)S(=O)(=O)c1ccc(Cl)c(CCl)c1Cl. The highest BCUT2D eigenvalue weighted by Crippen LogP contribution is 2.34. The Morgan fingerprint density at radius 2 is 1.71 bits per heavy atom. The summed E-state index contributed by atoms with van der Waals surface area (Å²) >= 11 is 18.0. The number of halogens is 3. The third kappa shape index (κ3) is 4.26. The lowest BCUT2D eigenvalue weighted by Gasteiger charge is -2.28. The first-order valence-electron chi connectivity index (χ1n) is 6.67. The van der Waals surface area contributed by atoms with E-state index in [-0.39, 0.29) is 27.8 Å². The van der Waals surface area contributed by atoms with Crippen molar-refractivity contribution in [3.8, 4) is 0 Å². The lowest BCUT2D eigenvalue weighted by molar-refractivity contribution is 0.319. The fourth-order valence-electron chi connectivity index (χ4n) is 1.97. The predicted molar refractivity (Wildman–Crippen MR) is 89.9 cm³/mol. The first-order valence-corrected chi connectivity index (χ1v) is 9.40. The number of hydrogen-bond acceptors (Lipinski definition) is 2. The zero-order chi connectivity index (χ0) is 16.4. The normalized spacial score (nSPS) is 12.7. The van der Waals surface area contributed by atoms with Crippen molar-refractivity contribution in [3.63, 3.8) is 0 Å². The molecular weight excluding hydrogens is 353 g/mol. The molecule has 7 heteroatoms. The number of hydrogen-bond donors (Lipinski definition) is 0. The molecule has 0 unspecified atom stereocenters. The molecule has 0 aliphatic carbocycles. The van der Waals surface area contributed by atoms with Gasteiger partial charge in [-0.3, -0.25) is 0 Å². The van der Waals surface area contributed by atoms with E-state index in [9.17, 15) is 8.42 Å². The van der Waals surface area contributed by atoms with Gasteiger partial charge in [-0.1, -0.05) is 37.0 Å². The molecule has 0 aliphatic rings. The van der Waals surface area contributed by atoms with Gasteiger partial charge < -0.3 is 0 Å². The molecule has 0 aliphatic heterocycles. The maximum Gasteiger partial charge on any atom is 0.244 e. The maximum absolute atomic E-state index is 12.9. The van der Waals surface area contributed by atoms with Crippen LogP contribution in [0.5, 0.6) is 0 Å². The van der Waals surface area contributed by atoms with Gasteiger partial charge in [0, 0.05) is 23.2 Å². The van der Waals surface area contributed by atoms with Gasteiger partial charge >= 0.3 is 0 Å². The van der Waals surface area contributed by atoms with Crippen LogP contribution in [0.15, 0.2) is 17.0 Å². The van der Waals surface area contributed by atoms with Gasteiger partial charge in [0.15, 0.2) is 0 Å². The summed E-state index contributed by atoms with van der Waals surface area (Å²) < 4.78 is 27.2. The molecule has 120 valence electrons. The molecule has 1 rings (SSSR count). The lowest BCUT2D eigenvalue weighted by Crippen LogP contribution is -2.39. The number of benzene rings is 1. The molecule has 1 aromatic carbocycles. The third-order valence-electron chi connectivity index (χ3n) is 2.99. The maximum atomic E-state index is 12.9. The topological polar surface area (TPSA) is 37.4 Å². The monoisotopic (exact) mass is 371 g/mol. The number of alkyl halides is 1. The Kier molecular flexibility index (Phi) is 6.81. The predicted octanol–water partition coefficient (Wildman–Crippen LogP) is 4.79. The molecule has 1 aromatic rings. The zero-order valence-corrected chi connectivity index (χ0v) is 15.6. The van der Waals surface area contributed by atoms with Crippen molar-refractivity contribution in [3.05, 3.63) is 27.7 Å². The highest BCUT2D eigenvalue weighted by Gasteiger charge is 2.30. The molecule has 0 radical (unpaired) electrons. The van der Waals surface area contributed by atoms with Crippen molar-refractivity contribution in [2.45, 2.75) is 44.5 Å². The van der Waals surface area contributed by atoms with E-state index in [1.807, 2.05) is 27.7 Å². The molecule has 0 bridgehead atoms. The van der Waals surface area contributed by atoms with Gasteiger partial charge in [0.05, 0.1) is 10.9 Å². The molecular formula is C14H20Cl3NO2S. The Balaban J connectivity index is 3.42. The Morgan fingerprint density at radius 3 is 2.14 bits per heavy atom. The van der Waals surface area contributed by atoms with E-state index in [1.54, 1.807) is 0 Å². The summed E-state index contributed by atoms with van der Waals surface area (Å²) in [5.74, 6) is 0.271. The first kappa shape index (κ1) is 19.0. The minimum absolute atomic E-state index is 0.0542. The Hall–Kier alpha value is -0.000000000000000167. The molecule has 0 spiro atoms. The first-order chi connectivity index (χ1) is 9.62. The van der Waals surface area contributed by atoms with E-state index in [4.69, 9.17) is 34.8 Å². The minimum Gasteiger partial charge on any atom is -0.207 e. The van der Waals surface area contributed by atoms with Crippen molar-refractivity contribution in [1.29, 1.82) is 0 Å². The standard InChI is InChI=1S/C14H20Cl3NO2S/c1-9(2)8-18(10(3)4)21(19,20)13-6-5-12(16)11(7-15)14(13)17/h5-6,9-10H,7-8H2,1-4H3. The van der Waals surface area contributed by atoms with Crippen LogP contribution in [0.1, 0.15) is 33.3 Å². The van der Waals surface area contributed by atoms with Gasteiger partial charge in [-0.15, -0.1) is 11.6 Å². The molecule has 0 fully saturated rings. The van der Waals surface area contributed by atoms with Crippen LogP contribution < -0.4 is 0 Å². The number of nitrogens with zero attached hydrogens (tertiary/aromatic N) is 1. The second-order valence-corrected chi connectivity index (χ2v) is 8.45. The van der Waals surface area contributed by atoms with Crippen LogP contribution in [0.25, 0.3) is 0 Å². The van der Waals surface area contributed by atoms with Crippen LogP contribution in [-0.4, -0.2) is 25.3 Å². The average molecular weight is 373 g/mol. The highest BCUT2D eigenvalue weighted by molar-refractivity contribution is 7.89. The Morgan fingerprint density at radius 1 is 1.14 bits per heavy atom. The van der Waals surface area contributed by atoms with Crippen molar-refractivity contribution >= 4 is 44.8 Å². The van der Waals surface area contributed by atoms with E-state index in [0.717, 1.165) is 0 Å². The molecule has 21 heavy (non-hydrogen) atoms. The summed E-state index contributed by atoms with van der Waals surface area (Å²) in [6.45, 7) is 8.05. The highest BCUT2D eigenvalue weighted by atomic mass is 35.5. The second kappa shape index (κ2) is 7.51. The minimum atomic E-state index is -3.69. The van der Waals surface area contributed by atoms with Gasteiger partial charge in [0.1, 0.15) is 4.90 Å². The van der Waals surface area contributed by atoms with Crippen molar-refractivity contribution in [1.82, 2.24) is 4.31 Å². The van der Waals surface area contributed by atoms with Crippen molar-refractivity contribution in [2.75, 3.05) is 6.54 Å². The van der Waals surface area contributed by atoms with Crippen molar-refractivity contribution < 1.29 is 8.42 Å². The lowest BCUT2D eigenvalue weighted by atomic mass is 10.2. The van der Waals surface area contributed by atoms with Gasteiger partial charge in [0.25, 0.3) is 0 Å². The summed E-state index contributed by atoms with van der Waals surface area (Å²) in [6, 6.07) is 2.79. The van der Waals surface area contributed by atoms with E-state index < -0.39 is 10.0 Å². The van der Waals surface area contributed by atoms with E-state index in [1.165, 1.54) is 16.4 Å². The molecule has 0 N–H and O–H groups in total. The van der Waals surface area contributed by atoms with Crippen LogP contribution in [0.2, 0.25) is 10.0 Å². The number of sulfonamides is 1. The van der Waals surface area contributed by atoms with E-state index >= 15 is 0 Å². The zero-order valence-electron chi connectivity index (χ0n) is 12.5. The molecule has 0 amide bonds. The van der Waals surface area contributed by atoms with Crippen molar-refractivity contribution in [2.24, 2.45) is 5.92 Å². The molecule has 0 saturated carbocycles. The van der Waals surface area contributed by atoms with E-state index in [2.05, 4.69) is 0 Å². The van der Waals surface area contributed by atoms with Crippen LogP contribution >= 0.6 is 34.8 Å². The van der Waals surface area contributed by atoms with Crippen LogP contribution in [0.4, 0.5) is 0 Å². The summed E-state index contributed by atoms with van der Waals surface area (Å²) in [4.78, 5) is 0.0542. The summed E-state index contributed by atoms with van der Waals surface area (Å²) in [5.41, 5.74) is 0.439. The Bertz CT molecular complexity index is 600. The number of rotatable bonds is 6. The summed E-state index contributed by atoms with van der Waals surface area (Å²) in [5, 5.41) is 0.473. The van der Waals surface area contributed by atoms with Crippen LogP contribution in [-0.2, 0) is 15.9 Å². The Labute approximate surface area is 142 Å². The quantitative estimate of drug-likeness (QED) is 0.673. The molecule has 0 heterocycles. The summed E-state index contributed by atoms with van der Waals surface area (Å²) in [6.07, 6.45) is 0. The second-order valence-electron chi connectivity index (χ2n) is 5.53. The molecule has 0 atom stereocenters. The van der Waals surface area contributed by atoms with Crippen LogP contribution in [0.3, 0.4) is 0 Å². The molecule has 0 aromatic heterocycles. The fourth-order valence-corrected chi connectivity index (χ4v) is 5.07. The average Bonchev–Trinajstić information content (AvgIpc) is 2.35. The molecule has 0 saturated heterocycles. The van der Waals surface area contributed by atoms with Gasteiger partial charge in [-0.2, -0.15) is 4.31 Å². The third-order valence-corrected chi connectivity index (χ3v) is 6.24. The van der Waals surface area contributed by atoms with Gasteiger partial charge in [0.2, 0.25) is 10.0 Å². The van der Waals surface area contributed by atoms with Crippen LogP contribution in [0, 0.1) is 5.92 Å². The largest absolute Gasteiger partial charge is 0.244 e. The molecule has 3 nitrogen and oxygen atoms in total. The summed E-state index contributed by atoms with van der Waals surface area (Å²) in [7, 11) is -3.69. The van der Waals surface area contributed by atoms with E-state index in [0.29, 0.717) is 17.1 Å². The smallest absolute Gasteiger partial charge is 0.207 e.